The average molecular weight is 331 g/mol. The third-order valence-corrected chi connectivity index (χ3v) is 4.30. The molecule has 2 aromatic rings. The smallest absolute Gasteiger partial charge is 0.328 e. The molecule has 1 atom stereocenters. The maximum atomic E-state index is 13.1. The molecule has 7 heteroatoms. The Morgan fingerprint density at radius 1 is 1.29 bits per heavy atom. The van der Waals surface area contributed by atoms with Gasteiger partial charge in [0.25, 0.3) is 5.91 Å². The Labute approximate surface area is 138 Å². The quantitative estimate of drug-likeness (QED) is 0.808. The molecule has 0 bridgehead atoms. The Hall–Kier alpha value is -2.70. The zero-order valence-electron chi connectivity index (χ0n) is 13.5. The predicted octanol–water partition coefficient (Wildman–Crippen LogP) is 2.10. The molecule has 0 saturated carbocycles. The number of nitrogens with zero attached hydrogens (tertiary/aromatic N) is 3. The number of carbonyl (C=O) groups is 2. The van der Waals surface area contributed by atoms with Crippen molar-refractivity contribution in [1.82, 2.24) is 14.7 Å². The van der Waals surface area contributed by atoms with Crippen LogP contribution >= 0.6 is 0 Å². The number of amides is 1. The average Bonchev–Trinajstić information content (AvgIpc) is 3.21. The molecule has 126 valence electrons. The number of carbonyl (C=O) groups excluding carboxylic acids is 2. The Balaban J connectivity index is 1.89. The normalized spacial score (nSPS) is 17.1. The van der Waals surface area contributed by atoms with Gasteiger partial charge in [-0.3, -0.25) is 4.79 Å². The monoisotopic (exact) mass is 331 g/mol. The summed E-state index contributed by atoms with van der Waals surface area (Å²) in [6.45, 7) is 2.28. The lowest BCUT2D eigenvalue weighted by atomic mass is 10.2. The summed E-state index contributed by atoms with van der Waals surface area (Å²) in [6.07, 6.45) is 2.84. The molecular weight excluding hydrogens is 313 g/mol. The Kier molecular flexibility index (Phi) is 4.33. The predicted molar refractivity (Wildman–Crippen MR) is 84.3 cm³/mol. The van der Waals surface area contributed by atoms with Gasteiger partial charge < -0.3 is 9.64 Å². The number of halogens is 1. The number of hydrogen-bond donors (Lipinski definition) is 0. The number of benzene rings is 1. The van der Waals surface area contributed by atoms with Crippen LogP contribution in [0.2, 0.25) is 0 Å². The van der Waals surface area contributed by atoms with Crippen molar-refractivity contribution in [3.05, 3.63) is 47.5 Å². The minimum atomic E-state index is -0.545. The van der Waals surface area contributed by atoms with E-state index in [0.29, 0.717) is 29.9 Å². The standard InChI is InChI=1S/C17H18FN3O3/c1-11-14(10-19-21(11)13-7-5-12(18)6-8-13)16(22)20-9-3-4-15(20)17(23)24-2/h5-8,10,15H,3-4,9H2,1-2H3. The van der Waals surface area contributed by atoms with E-state index < -0.39 is 12.0 Å². The molecular formula is C17H18FN3O3. The number of hydrogen-bond acceptors (Lipinski definition) is 4. The van der Waals surface area contributed by atoms with Crippen molar-refractivity contribution in [3.63, 3.8) is 0 Å². The summed E-state index contributed by atoms with van der Waals surface area (Å²) in [5.74, 6) is -0.976. The van der Waals surface area contributed by atoms with E-state index in [0.717, 1.165) is 6.42 Å². The van der Waals surface area contributed by atoms with Crippen LogP contribution in [0.25, 0.3) is 5.69 Å². The molecule has 1 fully saturated rings. The van der Waals surface area contributed by atoms with Gasteiger partial charge in [-0.05, 0) is 44.0 Å². The Bertz CT molecular complexity index is 770. The summed E-state index contributed by atoms with van der Waals surface area (Å²) in [5, 5.41) is 4.23. The van der Waals surface area contributed by atoms with Crippen molar-refractivity contribution < 1.29 is 18.7 Å². The van der Waals surface area contributed by atoms with Gasteiger partial charge in [0.05, 0.1) is 30.3 Å². The van der Waals surface area contributed by atoms with Gasteiger partial charge in [0.2, 0.25) is 0 Å². The van der Waals surface area contributed by atoms with Crippen molar-refractivity contribution in [1.29, 1.82) is 0 Å². The minimum Gasteiger partial charge on any atom is -0.467 e. The Morgan fingerprint density at radius 3 is 2.67 bits per heavy atom. The number of aromatic nitrogens is 2. The van der Waals surface area contributed by atoms with E-state index in [1.165, 1.54) is 30.3 Å². The molecule has 24 heavy (non-hydrogen) atoms. The maximum Gasteiger partial charge on any atom is 0.328 e. The highest BCUT2D eigenvalue weighted by Gasteiger charge is 2.36. The third-order valence-electron chi connectivity index (χ3n) is 4.30. The molecule has 1 unspecified atom stereocenters. The lowest BCUT2D eigenvalue weighted by molar-refractivity contribution is -0.145. The summed E-state index contributed by atoms with van der Waals surface area (Å²) < 4.78 is 19.4. The van der Waals surface area contributed by atoms with Crippen LogP contribution in [-0.2, 0) is 9.53 Å². The molecule has 1 aliphatic rings. The zero-order valence-corrected chi connectivity index (χ0v) is 13.5. The summed E-state index contributed by atoms with van der Waals surface area (Å²) in [7, 11) is 1.32. The number of rotatable bonds is 3. The first-order valence-corrected chi connectivity index (χ1v) is 7.72. The van der Waals surface area contributed by atoms with Crippen LogP contribution in [0.1, 0.15) is 28.9 Å². The van der Waals surface area contributed by atoms with Crippen molar-refractivity contribution in [2.45, 2.75) is 25.8 Å². The molecule has 0 N–H and O–H groups in total. The minimum absolute atomic E-state index is 0.242. The van der Waals surface area contributed by atoms with E-state index >= 15 is 0 Å². The molecule has 1 saturated heterocycles. The highest BCUT2D eigenvalue weighted by Crippen LogP contribution is 2.23. The fourth-order valence-electron chi connectivity index (χ4n) is 3.01. The van der Waals surface area contributed by atoms with Crippen molar-refractivity contribution in [3.8, 4) is 5.69 Å². The van der Waals surface area contributed by atoms with Crippen LogP contribution in [0.3, 0.4) is 0 Å². The highest BCUT2D eigenvalue weighted by atomic mass is 19.1. The highest BCUT2D eigenvalue weighted by molar-refractivity contribution is 5.98. The molecule has 2 heterocycles. The van der Waals surface area contributed by atoms with Crippen molar-refractivity contribution in [2.75, 3.05) is 13.7 Å². The van der Waals surface area contributed by atoms with Gasteiger partial charge in [-0.1, -0.05) is 0 Å². The van der Waals surface area contributed by atoms with Crippen molar-refractivity contribution in [2.24, 2.45) is 0 Å². The van der Waals surface area contributed by atoms with Crippen LogP contribution in [0, 0.1) is 12.7 Å². The summed E-state index contributed by atoms with van der Waals surface area (Å²) >= 11 is 0. The van der Waals surface area contributed by atoms with E-state index in [1.54, 1.807) is 23.7 Å². The molecule has 0 aliphatic carbocycles. The molecule has 3 rings (SSSR count). The second-order valence-corrected chi connectivity index (χ2v) is 5.71. The zero-order chi connectivity index (χ0) is 17.3. The number of esters is 1. The van der Waals surface area contributed by atoms with Crippen LogP contribution in [0.5, 0.6) is 0 Å². The number of ether oxygens (including phenoxy) is 1. The summed E-state index contributed by atoms with van der Waals surface area (Å²) in [4.78, 5) is 26.2. The van der Waals surface area contributed by atoms with Gasteiger partial charge >= 0.3 is 5.97 Å². The van der Waals surface area contributed by atoms with Gasteiger partial charge in [0.15, 0.2) is 0 Å². The second kappa shape index (κ2) is 6.43. The van der Waals surface area contributed by atoms with E-state index in [1.807, 2.05) is 0 Å². The largest absolute Gasteiger partial charge is 0.467 e. The first-order valence-electron chi connectivity index (χ1n) is 7.72. The van der Waals surface area contributed by atoms with E-state index in [-0.39, 0.29) is 11.7 Å². The SMILES string of the molecule is COC(=O)C1CCCN1C(=O)c1cnn(-c2ccc(F)cc2)c1C. The lowest BCUT2D eigenvalue weighted by Gasteiger charge is -2.22. The third kappa shape index (κ3) is 2.77. The lowest BCUT2D eigenvalue weighted by Crippen LogP contribution is -2.41. The van der Waals surface area contributed by atoms with Gasteiger partial charge in [0, 0.05) is 6.54 Å². The van der Waals surface area contributed by atoms with Crippen LogP contribution in [0.4, 0.5) is 4.39 Å². The number of methoxy groups -OCH3 is 1. The van der Waals surface area contributed by atoms with Crippen molar-refractivity contribution >= 4 is 11.9 Å². The fourth-order valence-corrected chi connectivity index (χ4v) is 3.01. The van der Waals surface area contributed by atoms with E-state index in [9.17, 15) is 14.0 Å². The molecule has 6 nitrogen and oxygen atoms in total. The van der Waals surface area contributed by atoms with Crippen LogP contribution < -0.4 is 0 Å². The molecule has 0 spiro atoms. The van der Waals surface area contributed by atoms with Gasteiger partial charge in [-0.15, -0.1) is 0 Å². The first kappa shape index (κ1) is 16.2. The van der Waals surface area contributed by atoms with E-state index in [2.05, 4.69) is 5.10 Å². The first-order chi connectivity index (χ1) is 11.5. The molecule has 1 amide bonds. The van der Waals surface area contributed by atoms with E-state index in [4.69, 9.17) is 4.74 Å². The van der Waals surface area contributed by atoms with Gasteiger partial charge in [-0.25, -0.2) is 13.9 Å². The molecule has 1 aromatic carbocycles. The molecule has 0 radical (unpaired) electrons. The van der Waals surface area contributed by atoms with Crippen LogP contribution in [-0.4, -0.2) is 46.3 Å². The van der Waals surface area contributed by atoms with Crippen LogP contribution in [0.15, 0.2) is 30.5 Å². The van der Waals surface area contributed by atoms with Gasteiger partial charge in [0.1, 0.15) is 11.9 Å². The second-order valence-electron chi connectivity index (χ2n) is 5.71. The summed E-state index contributed by atoms with van der Waals surface area (Å²) in [6, 6.07) is 5.32. The molecule has 1 aliphatic heterocycles. The topological polar surface area (TPSA) is 64.4 Å². The fraction of sp³-hybridized carbons (Fsp3) is 0.353. The number of likely N-dealkylation sites (tertiary alicyclic amines) is 1. The van der Waals surface area contributed by atoms with Gasteiger partial charge in [-0.2, -0.15) is 5.10 Å². The summed E-state index contributed by atoms with van der Waals surface area (Å²) in [5.41, 5.74) is 1.73. The molecule has 1 aromatic heterocycles. The maximum absolute atomic E-state index is 13.1. The Morgan fingerprint density at radius 2 is 2.00 bits per heavy atom.